The van der Waals surface area contributed by atoms with Crippen molar-refractivity contribution in [2.75, 3.05) is 14.2 Å². The van der Waals surface area contributed by atoms with Gasteiger partial charge >= 0.3 is 0 Å². The average Bonchev–Trinajstić information content (AvgIpc) is 3.15. The van der Waals surface area contributed by atoms with E-state index < -0.39 is 11.6 Å². The summed E-state index contributed by atoms with van der Waals surface area (Å²) in [7, 11) is 3.39. The van der Waals surface area contributed by atoms with Gasteiger partial charge in [-0.15, -0.1) is 11.3 Å². The lowest BCUT2D eigenvalue weighted by molar-refractivity contribution is 0.305. The van der Waals surface area contributed by atoms with Gasteiger partial charge in [-0.25, -0.2) is 13.8 Å². The van der Waals surface area contributed by atoms with Crippen LogP contribution in [0.3, 0.4) is 0 Å². The van der Waals surface area contributed by atoms with Crippen LogP contribution >= 0.6 is 11.3 Å². The van der Waals surface area contributed by atoms with Crippen LogP contribution in [0.1, 0.15) is 11.4 Å². The van der Waals surface area contributed by atoms with Gasteiger partial charge < -0.3 is 9.72 Å². The van der Waals surface area contributed by atoms with E-state index in [1.54, 1.807) is 19.1 Å². The zero-order valence-electron chi connectivity index (χ0n) is 16.4. The highest BCUT2D eigenvalue weighted by molar-refractivity contribution is 7.22. The number of methoxy groups -OCH3 is 1. The van der Waals surface area contributed by atoms with Crippen molar-refractivity contribution in [1.82, 2.24) is 14.9 Å². The van der Waals surface area contributed by atoms with Crippen molar-refractivity contribution in [3.05, 3.63) is 81.9 Å². The minimum Gasteiger partial charge on any atom is -0.497 e. The molecule has 0 saturated carbocycles. The average molecular weight is 427 g/mol. The van der Waals surface area contributed by atoms with Crippen LogP contribution in [0.5, 0.6) is 5.75 Å². The molecule has 0 aliphatic rings. The molecule has 0 saturated heterocycles. The van der Waals surface area contributed by atoms with E-state index in [-0.39, 0.29) is 12.1 Å². The molecule has 0 aliphatic carbocycles. The highest BCUT2D eigenvalue weighted by Crippen LogP contribution is 2.31. The number of benzene rings is 2. The first-order chi connectivity index (χ1) is 14.4. The second-order valence-corrected chi connectivity index (χ2v) is 8.03. The highest BCUT2D eigenvalue weighted by atomic mass is 32.1. The molecule has 4 aromatic rings. The third-order valence-corrected chi connectivity index (χ3v) is 5.85. The molecular formula is C22H19F2N3O2S. The van der Waals surface area contributed by atoms with Crippen LogP contribution in [0.2, 0.25) is 0 Å². The summed E-state index contributed by atoms with van der Waals surface area (Å²) in [5, 5.41) is 0. The Morgan fingerprint density at radius 1 is 1.10 bits per heavy atom. The lowest BCUT2D eigenvalue weighted by Crippen LogP contribution is -2.22. The third-order valence-electron chi connectivity index (χ3n) is 4.68. The van der Waals surface area contributed by atoms with Crippen molar-refractivity contribution in [3.8, 4) is 16.2 Å². The number of halogens is 2. The Hall–Kier alpha value is -3.10. The summed E-state index contributed by atoms with van der Waals surface area (Å²) in [5.74, 6) is 0.0385. The highest BCUT2D eigenvalue weighted by Gasteiger charge is 2.13. The van der Waals surface area contributed by atoms with E-state index in [9.17, 15) is 13.6 Å². The van der Waals surface area contributed by atoms with Crippen molar-refractivity contribution >= 4 is 21.6 Å². The molecule has 2 heterocycles. The molecule has 0 fully saturated rings. The summed E-state index contributed by atoms with van der Waals surface area (Å²) in [5.41, 5.74) is 1.76. The van der Waals surface area contributed by atoms with Crippen molar-refractivity contribution in [2.45, 2.75) is 13.1 Å². The summed E-state index contributed by atoms with van der Waals surface area (Å²) in [6, 6.07) is 13.0. The molecule has 30 heavy (non-hydrogen) atoms. The number of nitrogens with one attached hydrogen (secondary N) is 1. The molecule has 4 rings (SSSR count). The first-order valence-corrected chi connectivity index (χ1v) is 10.0. The van der Waals surface area contributed by atoms with Gasteiger partial charge in [0.15, 0.2) is 0 Å². The Kier molecular flexibility index (Phi) is 5.61. The van der Waals surface area contributed by atoms with Crippen LogP contribution in [0, 0.1) is 11.6 Å². The summed E-state index contributed by atoms with van der Waals surface area (Å²) >= 11 is 1.38. The number of nitrogens with zero attached hydrogens (tertiary/aromatic N) is 2. The van der Waals surface area contributed by atoms with Crippen LogP contribution in [-0.2, 0) is 13.1 Å². The van der Waals surface area contributed by atoms with Crippen LogP contribution < -0.4 is 10.3 Å². The maximum absolute atomic E-state index is 13.9. The number of hydrogen-bond donors (Lipinski definition) is 1. The maximum Gasteiger partial charge on any atom is 0.268 e. The van der Waals surface area contributed by atoms with Gasteiger partial charge in [0.2, 0.25) is 0 Å². The number of fused-ring (bicyclic) bond motifs is 1. The lowest BCUT2D eigenvalue weighted by Gasteiger charge is -2.16. The quantitative estimate of drug-likeness (QED) is 0.490. The molecule has 2 aromatic carbocycles. The van der Waals surface area contributed by atoms with Crippen LogP contribution in [0.4, 0.5) is 8.78 Å². The Labute approximate surface area is 175 Å². The Morgan fingerprint density at radius 2 is 1.87 bits per heavy atom. The Balaban J connectivity index is 1.56. The van der Waals surface area contributed by atoms with Crippen molar-refractivity contribution in [1.29, 1.82) is 0 Å². The van der Waals surface area contributed by atoms with Gasteiger partial charge in [-0.3, -0.25) is 9.69 Å². The van der Waals surface area contributed by atoms with E-state index >= 15 is 0 Å². The zero-order valence-corrected chi connectivity index (χ0v) is 17.2. The second kappa shape index (κ2) is 8.33. The standard InChI is InChI=1S/C22H19F2N3O2S/c1-27(11-14-3-6-15(23)9-17(14)24)12-20-25-18-10-19(30-21(18)22(28)26-20)13-4-7-16(29-2)8-5-13/h3-10H,11-12H2,1-2H3,(H,25,26,28). The number of hydrogen-bond acceptors (Lipinski definition) is 5. The van der Waals surface area contributed by atoms with Gasteiger partial charge in [-0.2, -0.15) is 0 Å². The SMILES string of the molecule is COc1ccc(-c2cc3nc(CN(C)Cc4ccc(F)cc4F)[nH]c(=O)c3s2)cc1. The van der Waals surface area contributed by atoms with Gasteiger partial charge in [0, 0.05) is 23.1 Å². The maximum atomic E-state index is 13.9. The number of thiophene rings is 1. The smallest absolute Gasteiger partial charge is 0.268 e. The van der Waals surface area contributed by atoms with E-state index in [2.05, 4.69) is 9.97 Å². The van der Waals surface area contributed by atoms with Gasteiger partial charge in [0.05, 0.1) is 19.2 Å². The van der Waals surface area contributed by atoms with Crippen molar-refractivity contribution in [3.63, 3.8) is 0 Å². The van der Waals surface area contributed by atoms with Gasteiger partial charge in [-0.05, 0) is 49.0 Å². The van der Waals surface area contributed by atoms with Gasteiger partial charge in [-0.1, -0.05) is 6.07 Å². The van der Waals surface area contributed by atoms with Gasteiger partial charge in [0.25, 0.3) is 5.56 Å². The Morgan fingerprint density at radius 3 is 2.57 bits per heavy atom. The predicted octanol–water partition coefficient (Wildman–Crippen LogP) is 4.57. The molecule has 2 aromatic heterocycles. The van der Waals surface area contributed by atoms with Crippen LogP contribution in [0.15, 0.2) is 53.3 Å². The largest absolute Gasteiger partial charge is 0.497 e. The minimum atomic E-state index is -0.611. The molecule has 0 atom stereocenters. The second-order valence-electron chi connectivity index (χ2n) is 6.97. The van der Waals surface area contributed by atoms with Crippen LogP contribution in [0.25, 0.3) is 20.7 Å². The van der Waals surface area contributed by atoms with E-state index in [4.69, 9.17) is 4.74 Å². The molecule has 5 nitrogen and oxygen atoms in total. The minimum absolute atomic E-state index is 0.207. The monoisotopic (exact) mass is 427 g/mol. The summed E-state index contributed by atoms with van der Waals surface area (Å²) in [6.07, 6.45) is 0. The number of aromatic nitrogens is 2. The number of H-pyrrole nitrogens is 1. The molecule has 0 radical (unpaired) electrons. The molecule has 8 heteroatoms. The topological polar surface area (TPSA) is 58.2 Å². The first kappa shape index (κ1) is 20.2. The first-order valence-electron chi connectivity index (χ1n) is 9.22. The van der Waals surface area contributed by atoms with Crippen molar-refractivity contribution in [2.24, 2.45) is 0 Å². The fourth-order valence-corrected chi connectivity index (χ4v) is 4.21. The predicted molar refractivity (Wildman–Crippen MR) is 114 cm³/mol. The molecule has 0 bridgehead atoms. The molecule has 0 amide bonds. The fraction of sp³-hybridized carbons (Fsp3) is 0.182. The summed E-state index contributed by atoms with van der Waals surface area (Å²) < 4.78 is 32.7. The van der Waals surface area contributed by atoms with Crippen LogP contribution in [-0.4, -0.2) is 29.0 Å². The van der Waals surface area contributed by atoms with E-state index in [1.807, 2.05) is 30.3 Å². The molecule has 0 spiro atoms. The van der Waals surface area contributed by atoms with Crippen molar-refractivity contribution < 1.29 is 13.5 Å². The molecular weight excluding hydrogens is 408 g/mol. The van der Waals surface area contributed by atoms with E-state index in [0.717, 1.165) is 22.3 Å². The summed E-state index contributed by atoms with van der Waals surface area (Å²) in [6.45, 7) is 0.574. The third kappa shape index (κ3) is 4.24. The number of rotatable bonds is 6. The molecule has 0 unspecified atom stereocenters. The fourth-order valence-electron chi connectivity index (χ4n) is 3.21. The lowest BCUT2D eigenvalue weighted by atomic mass is 10.2. The van der Waals surface area contributed by atoms with Gasteiger partial charge in [0.1, 0.15) is 27.9 Å². The van der Waals surface area contributed by atoms with E-state index in [0.29, 0.717) is 28.1 Å². The number of ether oxygens (including phenoxy) is 1. The summed E-state index contributed by atoms with van der Waals surface area (Å²) in [4.78, 5) is 22.7. The zero-order chi connectivity index (χ0) is 21.3. The Bertz CT molecular complexity index is 1250. The molecule has 154 valence electrons. The normalized spacial score (nSPS) is 11.4. The number of aromatic amines is 1. The molecule has 0 aliphatic heterocycles. The van der Waals surface area contributed by atoms with E-state index in [1.165, 1.54) is 23.5 Å². The molecule has 1 N–H and O–H groups in total.